The van der Waals surface area contributed by atoms with E-state index in [2.05, 4.69) is 0 Å². The fourth-order valence-electron chi connectivity index (χ4n) is 2.07. The van der Waals surface area contributed by atoms with Gasteiger partial charge in [0.25, 0.3) is 5.91 Å². The average Bonchev–Trinajstić information content (AvgIpc) is 2.49. The second-order valence-corrected chi connectivity index (χ2v) is 4.81. The molecule has 0 saturated heterocycles. The summed E-state index contributed by atoms with van der Waals surface area (Å²) in [6.07, 6.45) is 0. The van der Waals surface area contributed by atoms with Crippen molar-refractivity contribution >= 4 is 5.91 Å². The van der Waals surface area contributed by atoms with Gasteiger partial charge in [-0.15, -0.1) is 0 Å². The molecule has 2 aromatic rings. The Labute approximate surface area is 122 Å². The standard InChI is InChI=1S/C16H16F2N2O/c1-20(10-12-4-2-3-11(7-12)9-19)16(21)14-8-13(17)5-6-15(14)18/h2-8H,9-10,19H2,1H3. The summed E-state index contributed by atoms with van der Waals surface area (Å²) in [6, 6.07) is 10.3. The maximum Gasteiger partial charge on any atom is 0.256 e. The molecule has 5 heteroatoms. The molecule has 0 aliphatic heterocycles. The summed E-state index contributed by atoms with van der Waals surface area (Å²) in [5.41, 5.74) is 7.12. The van der Waals surface area contributed by atoms with Crippen LogP contribution in [-0.2, 0) is 13.1 Å². The van der Waals surface area contributed by atoms with Gasteiger partial charge in [0.2, 0.25) is 0 Å². The Morgan fingerprint density at radius 3 is 2.57 bits per heavy atom. The van der Waals surface area contributed by atoms with Gasteiger partial charge < -0.3 is 10.6 Å². The van der Waals surface area contributed by atoms with Crippen LogP contribution in [0.2, 0.25) is 0 Å². The molecule has 1 amide bonds. The lowest BCUT2D eigenvalue weighted by molar-refractivity contribution is 0.0780. The van der Waals surface area contributed by atoms with Crippen LogP contribution in [0.1, 0.15) is 21.5 Å². The molecule has 0 aliphatic carbocycles. The summed E-state index contributed by atoms with van der Waals surface area (Å²) in [4.78, 5) is 13.5. The van der Waals surface area contributed by atoms with Crippen molar-refractivity contribution in [3.05, 3.63) is 70.8 Å². The molecule has 2 aromatic carbocycles. The molecule has 0 spiro atoms. The van der Waals surface area contributed by atoms with Crippen LogP contribution in [0.4, 0.5) is 8.78 Å². The molecule has 0 aliphatic rings. The van der Waals surface area contributed by atoms with Gasteiger partial charge in [0.1, 0.15) is 11.6 Å². The minimum atomic E-state index is -0.732. The fourth-order valence-corrected chi connectivity index (χ4v) is 2.07. The first-order chi connectivity index (χ1) is 10.0. The molecule has 0 fully saturated rings. The molecule has 2 rings (SSSR count). The van der Waals surface area contributed by atoms with Gasteiger partial charge in [0.15, 0.2) is 0 Å². The molecule has 0 heterocycles. The van der Waals surface area contributed by atoms with Crippen molar-refractivity contribution in [2.45, 2.75) is 13.1 Å². The molecule has 0 aromatic heterocycles. The van der Waals surface area contributed by atoms with E-state index in [1.807, 2.05) is 24.3 Å². The normalized spacial score (nSPS) is 10.5. The highest BCUT2D eigenvalue weighted by atomic mass is 19.1. The Bertz CT molecular complexity index is 658. The third-order valence-corrected chi connectivity index (χ3v) is 3.15. The van der Waals surface area contributed by atoms with Crippen LogP contribution in [0.3, 0.4) is 0 Å². The van der Waals surface area contributed by atoms with Crippen LogP contribution in [0.25, 0.3) is 0 Å². The molecular formula is C16H16F2N2O. The highest BCUT2D eigenvalue weighted by Crippen LogP contribution is 2.14. The van der Waals surface area contributed by atoms with E-state index in [4.69, 9.17) is 5.73 Å². The summed E-state index contributed by atoms with van der Waals surface area (Å²) in [5.74, 6) is -1.94. The van der Waals surface area contributed by atoms with Gasteiger partial charge in [-0.05, 0) is 29.3 Å². The second kappa shape index (κ2) is 6.45. The summed E-state index contributed by atoms with van der Waals surface area (Å²) in [5, 5.41) is 0. The number of hydrogen-bond donors (Lipinski definition) is 1. The Morgan fingerprint density at radius 1 is 1.14 bits per heavy atom. The summed E-state index contributed by atoms with van der Waals surface area (Å²) < 4.78 is 26.8. The van der Waals surface area contributed by atoms with Crippen molar-refractivity contribution in [3.63, 3.8) is 0 Å². The number of benzene rings is 2. The van der Waals surface area contributed by atoms with Gasteiger partial charge in [0, 0.05) is 20.1 Å². The molecule has 0 radical (unpaired) electrons. The molecule has 3 nitrogen and oxygen atoms in total. The predicted octanol–water partition coefficient (Wildman–Crippen LogP) is 2.70. The Hall–Kier alpha value is -2.27. The van der Waals surface area contributed by atoms with E-state index in [1.165, 1.54) is 4.90 Å². The summed E-state index contributed by atoms with van der Waals surface area (Å²) in [7, 11) is 1.54. The van der Waals surface area contributed by atoms with Crippen molar-refractivity contribution in [2.75, 3.05) is 7.05 Å². The number of carbonyl (C=O) groups excluding carboxylic acids is 1. The van der Waals surface area contributed by atoms with Crippen molar-refractivity contribution in [1.82, 2.24) is 4.90 Å². The number of nitrogens with zero attached hydrogens (tertiary/aromatic N) is 1. The predicted molar refractivity (Wildman–Crippen MR) is 76.5 cm³/mol. The van der Waals surface area contributed by atoms with Crippen molar-refractivity contribution in [2.24, 2.45) is 5.73 Å². The van der Waals surface area contributed by atoms with Gasteiger partial charge >= 0.3 is 0 Å². The highest BCUT2D eigenvalue weighted by molar-refractivity contribution is 5.94. The Balaban J connectivity index is 2.17. The monoisotopic (exact) mass is 290 g/mol. The van der Waals surface area contributed by atoms with E-state index in [0.29, 0.717) is 13.1 Å². The lowest BCUT2D eigenvalue weighted by Crippen LogP contribution is -2.27. The molecule has 0 bridgehead atoms. The quantitative estimate of drug-likeness (QED) is 0.941. The summed E-state index contributed by atoms with van der Waals surface area (Å²) in [6.45, 7) is 0.701. The van der Waals surface area contributed by atoms with Crippen LogP contribution in [0.15, 0.2) is 42.5 Å². The maximum absolute atomic E-state index is 13.6. The maximum atomic E-state index is 13.6. The van der Waals surface area contributed by atoms with E-state index < -0.39 is 17.5 Å². The minimum Gasteiger partial charge on any atom is -0.337 e. The Kier molecular flexibility index (Phi) is 4.65. The third kappa shape index (κ3) is 3.64. The zero-order valence-electron chi connectivity index (χ0n) is 11.6. The SMILES string of the molecule is CN(Cc1cccc(CN)c1)C(=O)c1cc(F)ccc1F. The number of carbonyl (C=O) groups is 1. The van der Waals surface area contributed by atoms with Crippen molar-refractivity contribution in [1.29, 1.82) is 0 Å². The van der Waals surface area contributed by atoms with E-state index in [1.54, 1.807) is 7.05 Å². The van der Waals surface area contributed by atoms with Crippen LogP contribution in [-0.4, -0.2) is 17.9 Å². The number of halogens is 2. The van der Waals surface area contributed by atoms with Crippen LogP contribution in [0, 0.1) is 11.6 Å². The lowest BCUT2D eigenvalue weighted by Gasteiger charge is -2.18. The van der Waals surface area contributed by atoms with Gasteiger partial charge in [-0.2, -0.15) is 0 Å². The van der Waals surface area contributed by atoms with Gasteiger partial charge in [0.05, 0.1) is 5.56 Å². The first-order valence-electron chi connectivity index (χ1n) is 6.49. The number of amides is 1. The van der Waals surface area contributed by atoms with Crippen LogP contribution < -0.4 is 5.73 Å². The molecule has 2 N–H and O–H groups in total. The number of nitrogens with two attached hydrogens (primary N) is 1. The molecule has 110 valence electrons. The smallest absolute Gasteiger partial charge is 0.256 e. The lowest BCUT2D eigenvalue weighted by atomic mass is 10.1. The summed E-state index contributed by atoms with van der Waals surface area (Å²) >= 11 is 0. The van der Waals surface area contributed by atoms with E-state index in [9.17, 15) is 13.6 Å². The molecule has 0 unspecified atom stereocenters. The molecule has 0 saturated carbocycles. The van der Waals surface area contributed by atoms with E-state index in [-0.39, 0.29) is 5.56 Å². The average molecular weight is 290 g/mol. The van der Waals surface area contributed by atoms with Crippen molar-refractivity contribution in [3.8, 4) is 0 Å². The van der Waals surface area contributed by atoms with E-state index in [0.717, 1.165) is 29.3 Å². The molecule has 21 heavy (non-hydrogen) atoms. The number of hydrogen-bond acceptors (Lipinski definition) is 2. The topological polar surface area (TPSA) is 46.3 Å². The highest BCUT2D eigenvalue weighted by Gasteiger charge is 2.17. The fraction of sp³-hybridized carbons (Fsp3) is 0.188. The third-order valence-electron chi connectivity index (χ3n) is 3.15. The van der Waals surface area contributed by atoms with Gasteiger partial charge in [-0.25, -0.2) is 8.78 Å². The Morgan fingerprint density at radius 2 is 1.86 bits per heavy atom. The van der Waals surface area contributed by atoms with Crippen molar-refractivity contribution < 1.29 is 13.6 Å². The number of rotatable bonds is 4. The zero-order valence-corrected chi connectivity index (χ0v) is 11.6. The zero-order chi connectivity index (χ0) is 15.4. The van der Waals surface area contributed by atoms with Crippen LogP contribution >= 0.6 is 0 Å². The first kappa shape index (κ1) is 15.1. The van der Waals surface area contributed by atoms with E-state index >= 15 is 0 Å². The largest absolute Gasteiger partial charge is 0.337 e. The minimum absolute atomic E-state index is 0.271. The molecule has 0 atom stereocenters. The van der Waals surface area contributed by atoms with Gasteiger partial charge in [-0.1, -0.05) is 24.3 Å². The second-order valence-electron chi connectivity index (χ2n) is 4.81. The van der Waals surface area contributed by atoms with Gasteiger partial charge in [-0.3, -0.25) is 4.79 Å². The first-order valence-corrected chi connectivity index (χ1v) is 6.49. The van der Waals surface area contributed by atoms with Crippen LogP contribution in [0.5, 0.6) is 0 Å². The molecular weight excluding hydrogens is 274 g/mol.